The number of aryl methyl sites for hydroxylation is 1. The third-order valence-electron chi connectivity index (χ3n) is 6.12. The summed E-state index contributed by atoms with van der Waals surface area (Å²) in [7, 11) is 3.38. The molecule has 5 heterocycles. The predicted octanol–water partition coefficient (Wildman–Crippen LogP) is 5.07. The topological polar surface area (TPSA) is 94.9 Å². The summed E-state index contributed by atoms with van der Waals surface area (Å²) >= 11 is 0. The van der Waals surface area contributed by atoms with Gasteiger partial charge in [0.05, 0.1) is 19.8 Å². The first-order valence-corrected chi connectivity index (χ1v) is 11.6. The van der Waals surface area contributed by atoms with Crippen molar-refractivity contribution < 1.29 is 18.7 Å². The minimum atomic E-state index is -0.162. The summed E-state index contributed by atoms with van der Waals surface area (Å²) in [6, 6.07) is 7.20. The summed E-state index contributed by atoms with van der Waals surface area (Å²) in [6.45, 7) is 10.9. The second kappa shape index (κ2) is 9.76. The summed E-state index contributed by atoms with van der Waals surface area (Å²) in [4.78, 5) is 30.7. The van der Waals surface area contributed by atoms with Gasteiger partial charge in [-0.25, -0.2) is 9.83 Å². The highest BCUT2D eigenvalue weighted by molar-refractivity contribution is 5.94. The van der Waals surface area contributed by atoms with E-state index >= 15 is 0 Å². The Morgan fingerprint density at radius 2 is 1.92 bits per heavy atom. The third-order valence-corrected chi connectivity index (χ3v) is 6.12. The van der Waals surface area contributed by atoms with Gasteiger partial charge in [-0.05, 0) is 36.2 Å². The Bertz CT molecular complexity index is 1480. The molecule has 0 spiro atoms. The molecule has 1 aliphatic rings. The SMILES string of the molecule is [C-]#[N+]c1cc(-c2ccnc3cc(-c4cnc(C(=O)N(C)C)cc4C)oc23)cnc1OC1CCOCC1. The van der Waals surface area contributed by atoms with Gasteiger partial charge < -0.3 is 18.8 Å². The maximum atomic E-state index is 12.3. The molecule has 0 atom stereocenters. The lowest BCUT2D eigenvalue weighted by Crippen LogP contribution is -2.26. The molecular weight excluding hydrogens is 458 g/mol. The van der Waals surface area contributed by atoms with Crippen molar-refractivity contribution >= 4 is 22.7 Å². The number of ether oxygens (including phenoxy) is 2. The summed E-state index contributed by atoms with van der Waals surface area (Å²) < 4.78 is 17.6. The number of aromatic nitrogens is 3. The van der Waals surface area contributed by atoms with Crippen LogP contribution in [0.2, 0.25) is 0 Å². The van der Waals surface area contributed by atoms with Crippen LogP contribution in [0.25, 0.3) is 38.4 Å². The van der Waals surface area contributed by atoms with Crippen LogP contribution in [0.3, 0.4) is 0 Å². The van der Waals surface area contributed by atoms with Crippen LogP contribution in [0.1, 0.15) is 28.9 Å². The zero-order valence-corrected chi connectivity index (χ0v) is 20.3. The number of furan rings is 1. The van der Waals surface area contributed by atoms with Gasteiger partial charge in [0.25, 0.3) is 5.91 Å². The van der Waals surface area contributed by atoms with Crippen LogP contribution < -0.4 is 4.74 Å². The third kappa shape index (κ3) is 4.51. The van der Waals surface area contributed by atoms with Crippen molar-refractivity contribution in [3.05, 3.63) is 65.5 Å². The quantitative estimate of drug-likeness (QED) is 0.366. The summed E-state index contributed by atoms with van der Waals surface area (Å²) in [6.07, 6.45) is 6.58. The smallest absolute Gasteiger partial charge is 0.271 e. The fraction of sp³-hybridized carbons (Fsp3) is 0.296. The molecule has 0 aromatic carbocycles. The van der Waals surface area contributed by atoms with Gasteiger partial charge in [-0.2, -0.15) is 0 Å². The van der Waals surface area contributed by atoms with Crippen molar-refractivity contribution in [3.8, 4) is 28.3 Å². The molecule has 0 unspecified atom stereocenters. The lowest BCUT2D eigenvalue weighted by molar-refractivity contribution is 0.0241. The molecule has 0 bridgehead atoms. The van der Waals surface area contributed by atoms with Crippen molar-refractivity contribution in [1.82, 2.24) is 19.9 Å². The molecule has 0 radical (unpaired) electrons. The maximum absolute atomic E-state index is 12.3. The van der Waals surface area contributed by atoms with Crippen LogP contribution in [0.5, 0.6) is 5.88 Å². The molecule has 4 aromatic heterocycles. The Labute approximate surface area is 208 Å². The first-order valence-electron chi connectivity index (χ1n) is 11.6. The zero-order valence-electron chi connectivity index (χ0n) is 20.3. The Balaban J connectivity index is 1.49. The van der Waals surface area contributed by atoms with Crippen molar-refractivity contribution in [1.29, 1.82) is 0 Å². The molecule has 4 aromatic rings. The summed E-state index contributed by atoms with van der Waals surface area (Å²) in [5.41, 5.74) is 5.10. The molecule has 0 aliphatic carbocycles. The van der Waals surface area contributed by atoms with Crippen LogP contribution >= 0.6 is 0 Å². The van der Waals surface area contributed by atoms with Gasteiger partial charge in [-0.15, -0.1) is 0 Å². The fourth-order valence-electron chi connectivity index (χ4n) is 4.17. The second-order valence-electron chi connectivity index (χ2n) is 8.86. The van der Waals surface area contributed by atoms with Gasteiger partial charge >= 0.3 is 0 Å². The van der Waals surface area contributed by atoms with Crippen molar-refractivity contribution in [3.63, 3.8) is 0 Å². The molecule has 182 valence electrons. The van der Waals surface area contributed by atoms with Gasteiger partial charge in [-0.3, -0.25) is 14.8 Å². The van der Waals surface area contributed by atoms with Crippen LogP contribution in [0.4, 0.5) is 5.69 Å². The van der Waals surface area contributed by atoms with E-state index in [9.17, 15) is 4.79 Å². The Morgan fingerprint density at radius 3 is 2.64 bits per heavy atom. The number of pyridine rings is 3. The minimum Gasteiger partial charge on any atom is -0.483 e. The average molecular weight is 484 g/mol. The minimum absolute atomic E-state index is 0.00544. The number of amides is 1. The average Bonchev–Trinajstić information content (AvgIpc) is 3.33. The molecule has 36 heavy (non-hydrogen) atoms. The van der Waals surface area contributed by atoms with E-state index < -0.39 is 0 Å². The number of carbonyl (C=O) groups is 1. The number of hydrogen-bond donors (Lipinski definition) is 0. The molecule has 9 heteroatoms. The fourth-order valence-corrected chi connectivity index (χ4v) is 4.17. The van der Waals surface area contributed by atoms with Crippen LogP contribution in [-0.2, 0) is 4.74 Å². The summed E-state index contributed by atoms with van der Waals surface area (Å²) in [5, 5.41) is 0. The highest BCUT2D eigenvalue weighted by Gasteiger charge is 2.20. The predicted molar refractivity (Wildman–Crippen MR) is 134 cm³/mol. The largest absolute Gasteiger partial charge is 0.483 e. The Morgan fingerprint density at radius 1 is 1.11 bits per heavy atom. The van der Waals surface area contributed by atoms with Crippen molar-refractivity contribution in [2.45, 2.75) is 25.9 Å². The van der Waals surface area contributed by atoms with E-state index in [4.69, 9.17) is 20.5 Å². The van der Waals surface area contributed by atoms with Crippen LogP contribution in [-0.4, -0.2) is 59.2 Å². The van der Waals surface area contributed by atoms with Gasteiger partial charge in [-0.1, -0.05) is 0 Å². The molecule has 0 N–H and O–H groups in total. The lowest BCUT2D eigenvalue weighted by atomic mass is 10.1. The molecule has 0 saturated carbocycles. The molecule has 1 amide bonds. The van der Waals surface area contributed by atoms with E-state index in [1.165, 1.54) is 4.90 Å². The van der Waals surface area contributed by atoms with E-state index in [-0.39, 0.29) is 12.0 Å². The highest BCUT2D eigenvalue weighted by Crippen LogP contribution is 2.37. The first kappa shape index (κ1) is 23.5. The monoisotopic (exact) mass is 483 g/mol. The molecule has 5 rings (SSSR count). The van der Waals surface area contributed by atoms with E-state index in [2.05, 4.69) is 19.8 Å². The highest BCUT2D eigenvalue weighted by atomic mass is 16.5. The van der Waals surface area contributed by atoms with E-state index in [1.54, 1.807) is 44.8 Å². The zero-order chi connectivity index (χ0) is 25.2. The molecule has 1 aliphatic heterocycles. The second-order valence-corrected chi connectivity index (χ2v) is 8.86. The maximum Gasteiger partial charge on any atom is 0.271 e. The van der Waals surface area contributed by atoms with Crippen molar-refractivity contribution in [2.24, 2.45) is 0 Å². The molecule has 9 nitrogen and oxygen atoms in total. The number of hydrogen-bond acceptors (Lipinski definition) is 7. The standard InChI is InChI=1S/C27H25N5O4/c1-16-11-23(27(33)32(3)4)30-15-20(16)24-13-21-25(36-24)19(5-8-29-21)17-12-22(28-2)26(31-14-17)35-18-6-9-34-10-7-18/h5,8,11-15,18H,6-7,9-10H2,1,3-4H3. The molecular formula is C27H25N5O4. The molecule has 1 fully saturated rings. The first-order chi connectivity index (χ1) is 17.4. The van der Waals surface area contributed by atoms with Gasteiger partial charge in [0, 0.05) is 62.7 Å². The van der Waals surface area contributed by atoms with Crippen molar-refractivity contribution in [2.75, 3.05) is 27.3 Å². The number of carbonyl (C=O) groups excluding carboxylic acids is 1. The number of rotatable bonds is 5. The van der Waals surface area contributed by atoms with Gasteiger partial charge in [0.2, 0.25) is 11.6 Å². The van der Waals surface area contributed by atoms with E-state index in [0.29, 0.717) is 47.3 Å². The van der Waals surface area contributed by atoms with Gasteiger partial charge in [0.1, 0.15) is 23.1 Å². The number of fused-ring (bicyclic) bond motifs is 1. The Hall–Kier alpha value is -4.29. The normalized spacial score (nSPS) is 13.9. The van der Waals surface area contributed by atoms with E-state index in [1.807, 2.05) is 19.1 Å². The summed E-state index contributed by atoms with van der Waals surface area (Å²) in [5.74, 6) is 0.766. The Kier molecular flexibility index (Phi) is 6.36. The van der Waals surface area contributed by atoms with Crippen LogP contribution in [0, 0.1) is 13.5 Å². The lowest BCUT2D eigenvalue weighted by Gasteiger charge is -2.23. The van der Waals surface area contributed by atoms with E-state index in [0.717, 1.165) is 35.1 Å². The van der Waals surface area contributed by atoms with Crippen LogP contribution in [0.15, 0.2) is 47.3 Å². The van der Waals surface area contributed by atoms with Gasteiger partial charge in [0.15, 0.2) is 5.58 Å². The number of nitrogens with zero attached hydrogens (tertiary/aromatic N) is 5. The molecule has 1 saturated heterocycles.